The highest BCUT2D eigenvalue weighted by Gasteiger charge is 2.42. The Morgan fingerprint density at radius 2 is 1.84 bits per heavy atom. The molecule has 4 rings (SSSR count). The fraction of sp³-hybridized carbons (Fsp3) is 0.348. The van der Waals surface area contributed by atoms with Crippen molar-refractivity contribution in [2.75, 3.05) is 37.7 Å². The van der Waals surface area contributed by atoms with Crippen LogP contribution in [-0.4, -0.2) is 55.5 Å². The lowest BCUT2D eigenvalue weighted by atomic mass is 9.91. The number of nitrogens with one attached hydrogen (secondary N) is 1. The van der Waals surface area contributed by atoms with E-state index in [1.807, 2.05) is 4.90 Å². The molecule has 1 fully saturated rings. The molecule has 0 radical (unpaired) electrons. The molecule has 9 heteroatoms. The molecule has 2 atom stereocenters. The smallest absolute Gasteiger partial charge is 0.321 e. The summed E-state index contributed by atoms with van der Waals surface area (Å²) in [4.78, 5) is 34.4. The second-order valence-electron chi connectivity index (χ2n) is 7.62. The predicted molar refractivity (Wildman–Crippen MR) is 120 cm³/mol. The first-order chi connectivity index (χ1) is 15.5. The Kier molecular flexibility index (Phi) is 6.60. The van der Waals surface area contributed by atoms with Crippen molar-refractivity contribution in [2.45, 2.75) is 13.0 Å². The minimum absolute atomic E-state index is 0.173. The van der Waals surface area contributed by atoms with Gasteiger partial charge in [0.1, 0.15) is 11.9 Å². The van der Waals surface area contributed by atoms with Crippen molar-refractivity contribution in [2.24, 2.45) is 10.9 Å². The Bertz CT molecular complexity index is 1020. The van der Waals surface area contributed by atoms with Gasteiger partial charge in [0, 0.05) is 36.9 Å². The second kappa shape index (κ2) is 9.56. The lowest BCUT2D eigenvalue weighted by Gasteiger charge is -2.39. The third-order valence-corrected chi connectivity index (χ3v) is 5.83. The van der Waals surface area contributed by atoms with Crippen molar-refractivity contribution in [3.8, 4) is 0 Å². The van der Waals surface area contributed by atoms with Gasteiger partial charge in [-0.3, -0.25) is 14.9 Å². The van der Waals surface area contributed by atoms with Crippen LogP contribution in [0.2, 0.25) is 5.02 Å². The van der Waals surface area contributed by atoms with Crippen molar-refractivity contribution < 1.29 is 18.7 Å². The average molecular weight is 459 g/mol. The highest BCUT2D eigenvalue weighted by molar-refractivity contribution is 6.30. The standard InChI is InChI=1S/C23H24ClFN4O3/c1-2-32-22(31)19-20(15-4-3-5-16(24)14-15)26-23(27-21(19)30)29-12-10-28(11-13-29)18-8-6-17(25)7-9-18/h3-9,14,19-20H,2,10-13H2,1H3,(H,26,27,30)/t19-,20+/m1/s1. The van der Waals surface area contributed by atoms with E-state index in [0.29, 0.717) is 42.7 Å². The van der Waals surface area contributed by atoms with Gasteiger partial charge in [0.25, 0.3) is 0 Å². The highest BCUT2D eigenvalue weighted by atomic mass is 35.5. The monoisotopic (exact) mass is 458 g/mol. The summed E-state index contributed by atoms with van der Waals surface area (Å²) < 4.78 is 18.3. The Labute approximate surface area is 190 Å². The van der Waals surface area contributed by atoms with E-state index in [4.69, 9.17) is 21.3 Å². The molecule has 1 N–H and O–H groups in total. The number of amides is 1. The number of anilines is 1. The number of guanidine groups is 1. The van der Waals surface area contributed by atoms with Crippen LogP contribution in [0.3, 0.4) is 0 Å². The van der Waals surface area contributed by atoms with E-state index in [2.05, 4.69) is 10.2 Å². The number of esters is 1. The summed E-state index contributed by atoms with van der Waals surface area (Å²) in [6.45, 7) is 4.47. The van der Waals surface area contributed by atoms with Gasteiger partial charge in [-0.1, -0.05) is 23.7 Å². The number of ether oxygens (including phenoxy) is 1. The van der Waals surface area contributed by atoms with Gasteiger partial charge in [-0.2, -0.15) is 0 Å². The lowest BCUT2D eigenvalue weighted by molar-refractivity contribution is -0.153. The number of hydrogen-bond donors (Lipinski definition) is 1. The first-order valence-electron chi connectivity index (χ1n) is 10.5. The maximum absolute atomic E-state index is 13.2. The summed E-state index contributed by atoms with van der Waals surface area (Å²) >= 11 is 6.15. The van der Waals surface area contributed by atoms with Crippen LogP contribution in [-0.2, 0) is 14.3 Å². The number of hydrogen-bond acceptors (Lipinski definition) is 6. The van der Waals surface area contributed by atoms with Gasteiger partial charge in [-0.25, -0.2) is 9.38 Å². The zero-order valence-corrected chi connectivity index (χ0v) is 18.4. The normalized spacial score (nSPS) is 21.1. The Hall–Kier alpha value is -3.13. The maximum atomic E-state index is 13.2. The zero-order valence-electron chi connectivity index (χ0n) is 17.6. The number of benzene rings is 2. The van der Waals surface area contributed by atoms with E-state index < -0.39 is 23.8 Å². The number of rotatable bonds is 4. The van der Waals surface area contributed by atoms with Gasteiger partial charge < -0.3 is 14.5 Å². The van der Waals surface area contributed by atoms with Crippen molar-refractivity contribution in [3.63, 3.8) is 0 Å². The Morgan fingerprint density at radius 1 is 1.16 bits per heavy atom. The van der Waals surface area contributed by atoms with Crippen molar-refractivity contribution in [1.82, 2.24) is 10.2 Å². The van der Waals surface area contributed by atoms with Gasteiger partial charge in [0.15, 0.2) is 5.92 Å². The molecule has 32 heavy (non-hydrogen) atoms. The molecule has 7 nitrogen and oxygen atoms in total. The van der Waals surface area contributed by atoms with Crippen LogP contribution in [0.15, 0.2) is 53.5 Å². The first-order valence-corrected chi connectivity index (χ1v) is 10.9. The van der Waals surface area contributed by atoms with E-state index >= 15 is 0 Å². The zero-order chi connectivity index (χ0) is 22.7. The van der Waals surface area contributed by atoms with E-state index in [-0.39, 0.29) is 12.4 Å². The number of aliphatic imine (C=N–C) groups is 1. The van der Waals surface area contributed by atoms with Gasteiger partial charge in [0.2, 0.25) is 11.9 Å². The van der Waals surface area contributed by atoms with Crippen LogP contribution in [0, 0.1) is 11.7 Å². The van der Waals surface area contributed by atoms with Gasteiger partial charge in [-0.05, 0) is 48.9 Å². The molecule has 0 spiro atoms. The van der Waals surface area contributed by atoms with E-state index in [1.165, 1.54) is 12.1 Å². The second-order valence-corrected chi connectivity index (χ2v) is 8.06. The molecule has 2 aliphatic rings. The molecule has 0 unspecified atom stereocenters. The quantitative estimate of drug-likeness (QED) is 0.563. The molecule has 0 saturated carbocycles. The topological polar surface area (TPSA) is 74.2 Å². The molecule has 0 aliphatic carbocycles. The van der Waals surface area contributed by atoms with Crippen LogP contribution < -0.4 is 10.2 Å². The van der Waals surface area contributed by atoms with Crippen LogP contribution in [0.4, 0.5) is 10.1 Å². The summed E-state index contributed by atoms with van der Waals surface area (Å²) in [5, 5.41) is 3.29. The summed E-state index contributed by atoms with van der Waals surface area (Å²) in [7, 11) is 0. The lowest BCUT2D eigenvalue weighted by Crippen LogP contribution is -2.57. The third kappa shape index (κ3) is 4.70. The minimum Gasteiger partial charge on any atom is -0.465 e. The fourth-order valence-corrected chi connectivity index (χ4v) is 4.18. The van der Waals surface area contributed by atoms with Crippen LogP contribution in [0.25, 0.3) is 0 Å². The number of carbonyl (C=O) groups excluding carboxylic acids is 2. The molecule has 2 aromatic rings. The van der Waals surface area contributed by atoms with Crippen LogP contribution in [0.1, 0.15) is 18.5 Å². The summed E-state index contributed by atoms with van der Waals surface area (Å²) in [6.07, 6.45) is 0. The molecule has 168 valence electrons. The van der Waals surface area contributed by atoms with E-state index in [0.717, 1.165) is 5.69 Å². The number of carbonyl (C=O) groups is 2. The highest BCUT2D eigenvalue weighted by Crippen LogP contribution is 2.32. The van der Waals surface area contributed by atoms with Gasteiger partial charge >= 0.3 is 5.97 Å². The molecule has 0 aromatic heterocycles. The van der Waals surface area contributed by atoms with Crippen molar-refractivity contribution >= 4 is 35.1 Å². The van der Waals surface area contributed by atoms with Crippen LogP contribution in [0.5, 0.6) is 0 Å². The summed E-state index contributed by atoms with van der Waals surface area (Å²) in [5.41, 5.74) is 1.62. The van der Waals surface area contributed by atoms with Crippen molar-refractivity contribution in [1.29, 1.82) is 0 Å². The maximum Gasteiger partial charge on any atom is 0.321 e. The Balaban J connectivity index is 1.56. The van der Waals surface area contributed by atoms with Gasteiger partial charge in [-0.15, -0.1) is 0 Å². The SMILES string of the molecule is CCOC(=O)[C@H]1C(=O)NC(N2CCN(c3ccc(F)cc3)CC2)=N[C@H]1c1cccc(Cl)c1. The molecule has 0 bridgehead atoms. The fourth-order valence-electron chi connectivity index (χ4n) is 3.98. The predicted octanol–water partition coefficient (Wildman–Crippen LogP) is 3.01. The average Bonchev–Trinajstić information content (AvgIpc) is 2.79. The number of nitrogens with zero attached hydrogens (tertiary/aromatic N) is 3. The van der Waals surface area contributed by atoms with E-state index in [1.54, 1.807) is 43.3 Å². The number of piperazine rings is 1. The first kappa shape index (κ1) is 22.1. The molecule has 2 heterocycles. The largest absolute Gasteiger partial charge is 0.465 e. The van der Waals surface area contributed by atoms with Gasteiger partial charge in [0.05, 0.1) is 6.61 Å². The molecular weight excluding hydrogens is 435 g/mol. The van der Waals surface area contributed by atoms with E-state index in [9.17, 15) is 14.0 Å². The minimum atomic E-state index is -1.09. The molecule has 2 aliphatic heterocycles. The summed E-state index contributed by atoms with van der Waals surface area (Å²) in [5.74, 6) is -1.98. The molecule has 1 saturated heterocycles. The Morgan fingerprint density at radius 3 is 2.50 bits per heavy atom. The number of halogens is 2. The van der Waals surface area contributed by atoms with Crippen LogP contribution >= 0.6 is 11.6 Å². The third-order valence-electron chi connectivity index (χ3n) is 5.60. The van der Waals surface area contributed by atoms with Crippen molar-refractivity contribution in [3.05, 3.63) is 64.9 Å². The molecule has 2 aromatic carbocycles. The molecular formula is C23H24ClFN4O3. The molecule has 1 amide bonds. The summed E-state index contributed by atoms with van der Waals surface area (Å²) in [6, 6.07) is 12.7.